The average Bonchev–Trinajstić information content (AvgIpc) is 2.93. The van der Waals surface area contributed by atoms with Gasteiger partial charge in [0.1, 0.15) is 0 Å². The van der Waals surface area contributed by atoms with E-state index in [2.05, 4.69) is 55.6 Å². The maximum Gasteiger partial charge on any atom is 0.0671 e. The van der Waals surface area contributed by atoms with Crippen LogP contribution in [0.2, 0.25) is 0 Å². The van der Waals surface area contributed by atoms with Crippen LogP contribution < -0.4 is 5.32 Å². The third-order valence-corrected chi connectivity index (χ3v) is 4.62. The Balaban J connectivity index is 2.16. The number of ether oxygens (including phenoxy) is 1. The van der Waals surface area contributed by atoms with Crippen LogP contribution in [0.25, 0.3) is 0 Å². The van der Waals surface area contributed by atoms with Crippen molar-refractivity contribution in [1.82, 2.24) is 5.32 Å². The van der Waals surface area contributed by atoms with Crippen LogP contribution in [-0.4, -0.2) is 20.3 Å². The van der Waals surface area contributed by atoms with E-state index >= 15 is 0 Å². The maximum absolute atomic E-state index is 5.14. The molecule has 0 aliphatic rings. The van der Waals surface area contributed by atoms with Gasteiger partial charge in [0.25, 0.3) is 0 Å². The van der Waals surface area contributed by atoms with Crippen molar-refractivity contribution in [1.29, 1.82) is 0 Å². The summed E-state index contributed by atoms with van der Waals surface area (Å²) in [5, 5.41) is 3.66. The minimum atomic E-state index is 0.306. The van der Waals surface area contributed by atoms with Gasteiger partial charge in [0.2, 0.25) is 0 Å². The molecule has 0 amide bonds. The summed E-state index contributed by atoms with van der Waals surface area (Å²) in [5.41, 5.74) is 2.67. The van der Waals surface area contributed by atoms with E-state index in [0.717, 1.165) is 26.0 Å². The lowest BCUT2D eigenvalue weighted by molar-refractivity contribution is 0.202. The van der Waals surface area contributed by atoms with Gasteiger partial charge in [-0.2, -0.15) is 0 Å². The molecule has 1 unspecified atom stereocenters. The lowest BCUT2D eigenvalue weighted by Gasteiger charge is -2.18. The molecule has 0 spiro atoms. The fourth-order valence-electron chi connectivity index (χ4n) is 2.38. The van der Waals surface area contributed by atoms with E-state index in [1.165, 1.54) is 20.9 Å². The Labute approximate surface area is 132 Å². The van der Waals surface area contributed by atoms with E-state index in [0.29, 0.717) is 6.04 Å². The molecule has 1 aromatic carbocycles. The SMILES string of the molecule is CCCNC(c1ccc(CCOC)cc1)c1ccc(C)s1. The molecule has 0 bridgehead atoms. The minimum Gasteiger partial charge on any atom is -0.384 e. The molecule has 0 radical (unpaired) electrons. The van der Waals surface area contributed by atoms with Gasteiger partial charge in [0.15, 0.2) is 0 Å². The second-order valence-corrected chi connectivity index (χ2v) is 6.64. The Morgan fingerprint density at radius 3 is 2.48 bits per heavy atom. The van der Waals surface area contributed by atoms with E-state index < -0.39 is 0 Å². The molecule has 1 atom stereocenters. The molecule has 21 heavy (non-hydrogen) atoms. The van der Waals surface area contributed by atoms with Crippen molar-refractivity contribution in [2.24, 2.45) is 0 Å². The summed E-state index contributed by atoms with van der Waals surface area (Å²) >= 11 is 1.88. The zero-order valence-electron chi connectivity index (χ0n) is 13.2. The first-order valence-corrected chi connectivity index (χ1v) is 8.43. The summed E-state index contributed by atoms with van der Waals surface area (Å²) in [6, 6.07) is 13.7. The van der Waals surface area contributed by atoms with Crippen molar-refractivity contribution in [3.63, 3.8) is 0 Å². The van der Waals surface area contributed by atoms with Crippen molar-refractivity contribution >= 4 is 11.3 Å². The zero-order valence-corrected chi connectivity index (χ0v) is 14.0. The normalized spacial score (nSPS) is 12.5. The topological polar surface area (TPSA) is 21.3 Å². The van der Waals surface area contributed by atoms with Crippen molar-refractivity contribution in [2.75, 3.05) is 20.3 Å². The lowest BCUT2D eigenvalue weighted by Crippen LogP contribution is -2.22. The van der Waals surface area contributed by atoms with Crippen LogP contribution in [0.15, 0.2) is 36.4 Å². The number of nitrogens with one attached hydrogen (secondary N) is 1. The Kier molecular flexibility index (Phi) is 6.43. The number of methoxy groups -OCH3 is 1. The first-order chi connectivity index (χ1) is 10.2. The molecule has 2 aromatic rings. The molecule has 2 nitrogen and oxygen atoms in total. The molecular formula is C18H25NOS. The predicted octanol–water partition coefficient (Wildman–Crippen LogP) is 4.33. The van der Waals surface area contributed by atoms with E-state index in [1.807, 2.05) is 11.3 Å². The number of thiophene rings is 1. The third-order valence-electron chi connectivity index (χ3n) is 3.55. The number of rotatable bonds is 8. The molecule has 0 fully saturated rings. The standard InChI is InChI=1S/C18H25NOS/c1-4-12-19-18(17-10-5-14(2)21-17)16-8-6-15(7-9-16)11-13-20-3/h5-10,18-19H,4,11-13H2,1-3H3. The van der Waals surface area contributed by atoms with Gasteiger partial charge in [0.05, 0.1) is 12.6 Å². The highest BCUT2D eigenvalue weighted by Gasteiger charge is 2.14. The Bertz CT molecular complexity index is 532. The second-order valence-electron chi connectivity index (χ2n) is 5.32. The molecular weight excluding hydrogens is 278 g/mol. The fourth-order valence-corrected chi connectivity index (χ4v) is 3.36. The third kappa shape index (κ3) is 4.67. The van der Waals surface area contributed by atoms with Gasteiger partial charge in [-0.15, -0.1) is 11.3 Å². The molecule has 0 aliphatic carbocycles. The molecule has 114 valence electrons. The monoisotopic (exact) mass is 303 g/mol. The van der Waals surface area contributed by atoms with Crippen molar-refractivity contribution in [3.8, 4) is 0 Å². The van der Waals surface area contributed by atoms with Crippen molar-refractivity contribution < 1.29 is 4.74 Å². The van der Waals surface area contributed by atoms with E-state index in [9.17, 15) is 0 Å². The van der Waals surface area contributed by atoms with Gasteiger partial charge >= 0.3 is 0 Å². The fraction of sp³-hybridized carbons (Fsp3) is 0.444. The van der Waals surface area contributed by atoms with Crippen molar-refractivity contribution in [2.45, 2.75) is 32.7 Å². The number of hydrogen-bond acceptors (Lipinski definition) is 3. The van der Waals surface area contributed by atoms with Crippen LogP contribution in [0, 0.1) is 6.92 Å². The van der Waals surface area contributed by atoms with E-state index in [4.69, 9.17) is 4.74 Å². The Morgan fingerprint density at radius 1 is 1.14 bits per heavy atom. The second kappa shape index (κ2) is 8.32. The van der Waals surface area contributed by atoms with Crippen LogP contribution >= 0.6 is 11.3 Å². The molecule has 0 saturated carbocycles. The van der Waals surface area contributed by atoms with Gasteiger partial charge in [0, 0.05) is 16.9 Å². The Morgan fingerprint density at radius 2 is 1.90 bits per heavy atom. The summed E-state index contributed by atoms with van der Waals surface area (Å²) in [5.74, 6) is 0. The maximum atomic E-state index is 5.14. The highest BCUT2D eigenvalue weighted by Crippen LogP contribution is 2.28. The predicted molar refractivity (Wildman–Crippen MR) is 91.2 cm³/mol. The number of aryl methyl sites for hydroxylation is 1. The highest BCUT2D eigenvalue weighted by atomic mass is 32.1. The van der Waals surface area contributed by atoms with Gasteiger partial charge in [-0.25, -0.2) is 0 Å². The molecule has 0 saturated heterocycles. The van der Waals surface area contributed by atoms with Crippen LogP contribution in [0.3, 0.4) is 0 Å². The number of benzene rings is 1. The van der Waals surface area contributed by atoms with Gasteiger partial charge in [-0.05, 0) is 49.6 Å². The summed E-state index contributed by atoms with van der Waals surface area (Å²) in [6.07, 6.45) is 2.12. The molecule has 1 aromatic heterocycles. The minimum absolute atomic E-state index is 0.306. The molecule has 0 aliphatic heterocycles. The zero-order chi connectivity index (χ0) is 15.1. The first kappa shape index (κ1) is 16.2. The van der Waals surface area contributed by atoms with E-state index in [1.54, 1.807) is 7.11 Å². The van der Waals surface area contributed by atoms with Crippen LogP contribution in [0.4, 0.5) is 0 Å². The molecule has 1 N–H and O–H groups in total. The summed E-state index contributed by atoms with van der Waals surface area (Å²) < 4.78 is 5.14. The largest absolute Gasteiger partial charge is 0.384 e. The molecule has 3 heteroatoms. The first-order valence-electron chi connectivity index (χ1n) is 7.62. The summed E-state index contributed by atoms with van der Waals surface area (Å²) in [4.78, 5) is 2.76. The number of hydrogen-bond donors (Lipinski definition) is 1. The smallest absolute Gasteiger partial charge is 0.0671 e. The quantitative estimate of drug-likeness (QED) is 0.783. The molecule has 2 rings (SSSR count). The Hall–Kier alpha value is -1.16. The molecule has 1 heterocycles. The highest BCUT2D eigenvalue weighted by molar-refractivity contribution is 7.12. The van der Waals surface area contributed by atoms with Gasteiger partial charge < -0.3 is 10.1 Å². The van der Waals surface area contributed by atoms with Crippen LogP contribution in [-0.2, 0) is 11.2 Å². The van der Waals surface area contributed by atoms with Crippen LogP contribution in [0.5, 0.6) is 0 Å². The van der Waals surface area contributed by atoms with Crippen molar-refractivity contribution in [3.05, 3.63) is 57.3 Å². The van der Waals surface area contributed by atoms with Gasteiger partial charge in [-0.1, -0.05) is 31.2 Å². The van der Waals surface area contributed by atoms with E-state index in [-0.39, 0.29) is 0 Å². The van der Waals surface area contributed by atoms with Crippen LogP contribution in [0.1, 0.15) is 40.3 Å². The summed E-state index contributed by atoms with van der Waals surface area (Å²) in [7, 11) is 1.75. The lowest BCUT2D eigenvalue weighted by atomic mass is 10.0. The summed E-state index contributed by atoms with van der Waals surface area (Å²) in [6.45, 7) is 6.19. The average molecular weight is 303 g/mol. The van der Waals surface area contributed by atoms with Gasteiger partial charge in [-0.3, -0.25) is 0 Å².